The highest BCUT2D eigenvalue weighted by Crippen LogP contribution is 2.55. The normalized spacial score (nSPS) is 14.8. The van der Waals surface area contributed by atoms with Crippen LogP contribution < -0.4 is 4.90 Å². The van der Waals surface area contributed by atoms with Crippen molar-refractivity contribution in [3.8, 4) is 39.4 Å². The van der Waals surface area contributed by atoms with Crippen LogP contribution in [0.25, 0.3) is 82.0 Å². The first-order valence-corrected chi connectivity index (χ1v) is 17.7. The van der Waals surface area contributed by atoms with Crippen molar-refractivity contribution in [1.82, 2.24) is 0 Å². The molecular weight excluding hydrogens is 617 g/mol. The van der Waals surface area contributed by atoms with E-state index in [2.05, 4.69) is 175 Å². The van der Waals surface area contributed by atoms with Gasteiger partial charge in [-0.05, 0) is 113 Å². The molecule has 1 aliphatic carbocycles. The van der Waals surface area contributed by atoms with Gasteiger partial charge in [0.15, 0.2) is 0 Å². The minimum absolute atomic E-state index is 0.175. The molecule has 2 heteroatoms. The lowest BCUT2D eigenvalue weighted by atomic mass is 9.85. The highest BCUT2D eigenvalue weighted by molar-refractivity contribution is 6.27. The van der Waals surface area contributed by atoms with Crippen molar-refractivity contribution in [3.63, 3.8) is 0 Å². The van der Waals surface area contributed by atoms with Crippen molar-refractivity contribution in [2.75, 3.05) is 4.90 Å². The van der Waals surface area contributed by atoms with E-state index in [0.717, 1.165) is 17.6 Å². The van der Waals surface area contributed by atoms with E-state index >= 15 is 0 Å². The Bertz CT molecular complexity index is 2930. The molecule has 0 saturated heterocycles. The summed E-state index contributed by atoms with van der Waals surface area (Å²) in [7, 11) is 0. The zero-order valence-corrected chi connectivity index (χ0v) is 27.8. The largest absolute Gasteiger partial charge is 0.333 e. The molecule has 1 unspecified atom stereocenters. The molecule has 236 valence electrons. The maximum Gasteiger partial charge on any atom is 0.0994 e. The summed E-state index contributed by atoms with van der Waals surface area (Å²) in [5.41, 5.74) is 12.9. The highest BCUT2D eigenvalue weighted by atomic mass is 15.2. The number of para-hydroxylation sites is 1. The van der Waals surface area contributed by atoms with Crippen LogP contribution in [0.3, 0.4) is 0 Å². The fraction of sp³-hybridized carbons (Fsp3) is 0.0408. The van der Waals surface area contributed by atoms with Crippen LogP contribution in [0.1, 0.15) is 23.6 Å². The molecule has 0 saturated carbocycles. The minimum atomic E-state index is 0.175. The van der Waals surface area contributed by atoms with Crippen molar-refractivity contribution < 1.29 is 0 Å². The van der Waals surface area contributed by atoms with E-state index in [1.165, 1.54) is 93.4 Å². The van der Waals surface area contributed by atoms with Crippen molar-refractivity contribution in [3.05, 3.63) is 175 Å². The van der Waals surface area contributed by atoms with E-state index in [0.29, 0.717) is 0 Å². The number of allylic oxidation sites excluding steroid dienone is 1. The van der Waals surface area contributed by atoms with Gasteiger partial charge in [-0.2, -0.15) is 5.26 Å². The topological polar surface area (TPSA) is 27.0 Å². The molecule has 2 nitrogen and oxygen atoms in total. The highest BCUT2D eigenvalue weighted by Gasteiger charge is 2.37. The van der Waals surface area contributed by atoms with Crippen LogP contribution in [0.4, 0.5) is 11.4 Å². The molecule has 0 radical (unpaired) electrons. The third-order valence-electron chi connectivity index (χ3n) is 11.3. The second kappa shape index (κ2) is 10.7. The lowest BCUT2D eigenvalue weighted by Crippen LogP contribution is -2.21. The predicted molar refractivity (Wildman–Crippen MR) is 213 cm³/mol. The summed E-state index contributed by atoms with van der Waals surface area (Å²) in [5, 5.41) is 20.2. The molecule has 0 aromatic heterocycles. The lowest BCUT2D eigenvalue weighted by molar-refractivity contribution is 0.726. The van der Waals surface area contributed by atoms with E-state index in [-0.39, 0.29) is 6.04 Å². The first kappa shape index (κ1) is 28.2. The first-order valence-electron chi connectivity index (χ1n) is 17.7. The molecule has 0 amide bonds. The van der Waals surface area contributed by atoms with Crippen LogP contribution in [-0.2, 0) is 0 Å². The summed E-state index contributed by atoms with van der Waals surface area (Å²) < 4.78 is 0. The van der Waals surface area contributed by atoms with Crippen molar-refractivity contribution in [2.45, 2.75) is 12.5 Å². The molecule has 9 aromatic carbocycles. The Balaban J connectivity index is 1.04. The molecule has 1 heterocycles. The SMILES string of the molecule is N#CC1=CCC2c3c1ccc1cc(-c4ccc(-c5ccc6ccc7c(-c8ccccc8)ccc8ccc5c6c87)cc4)cc(c31)N2c1ccccc1. The molecule has 0 bridgehead atoms. The van der Waals surface area contributed by atoms with Gasteiger partial charge < -0.3 is 4.90 Å². The minimum Gasteiger partial charge on any atom is -0.333 e. The molecule has 0 N–H and O–H groups in total. The summed E-state index contributed by atoms with van der Waals surface area (Å²) in [6.45, 7) is 0. The van der Waals surface area contributed by atoms with Gasteiger partial charge in [0.25, 0.3) is 0 Å². The standard InChI is InChI=1S/C49H30N2/c50-29-36-20-26-44-49-41(36)23-19-35-27-37(28-45(48(35)49)51(44)38-9-5-2-6-10-38)30-11-13-32(14-12-30)40-22-16-34-17-24-42-39(31-7-3-1-4-8-31)21-15-33-18-25-43(40)47(34)46(33)42/h1-25,27-28,44H,26H2. The summed E-state index contributed by atoms with van der Waals surface area (Å²) in [6, 6.07) is 60.5. The van der Waals surface area contributed by atoms with Crippen LogP contribution in [0.2, 0.25) is 0 Å². The molecular formula is C49H30N2. The summed E-state index contributed by atoms with van der Waals surface area (Å²) >= 11 is 0. The van der Waals surface area contributed by atoms with E-state index in [1.54, 1.807) is 0 Å². The van der Waals surface area contributed by atoms with Gasteiger partial charge in [0.2, 0.25) is 0 Å². The Morgan fingerprint density at radius 2 is 1.06 bits per heavy atom. The zero-order valence-electron chi connectivity index (χ0n) is 27.8. The second-order valence-electron chi connectivity index (χ2n) is 13.9. The number of hydrogen-bond donors (Lipinski definition) is 0. The van der Waals surface area contributed by atoms with Crippen LogP contribution >= 0.6 is 0 Å². The summed E-state index contributed by atoms with van der Waals surface area (Å²) in [6.07, 6.45) is 2.93. The molecule has 1 atom stereocenters. The monoisotopic (exact) mass is 646 g/mol. The van der Waals surface area contributed by atoms with Crippen LogP contribution in [0, 0.1) is 11.3 Å². The number of nitriles is 1. The first-order chi connectivity index (χ1) is 25.2. The number of hydrogen-bond acceptors (Lipinski definition) is 2. The van der Waals surface area contributed by atoms with Gasteiger partial charge in [-0.3, -0.25) is 0 Å². The van der Waals surface area contributed by atoms with Gasteiger partial charge in [0, 0.05) is 11.1 Å². The molecule has 0 fully saturated rings. The summed E-state index contributed by atoms with van der Waals surface area (Å²) in [4.78, 5) is 2.48. The maximum atomic E-state index is 9.95. The smallest absolute Gasteiger partial charge is 0.0994 e. The second-order valence-corrected chi connectivity index (χ2v) is 13.9. The molecule has 51 heavy (non-hydrogen) atoms. The fourth-order valence-corrected chi connectivity index (χ4v) is 9.05. The van der Waals surface area contributed by atoms with Crippen molar-refractivity contribution in [2.24, 2.45) is 0 Å². The van der Waals surface area contributed by atoms with E-state index in [9.17, 15) is 5.26 Å². The average molecular weight is 647 g/mol. The zero-order chi connectivity index (χ0) is 33.6. The van der Waals surface area contributed by atoms with Crippen LogP contribution in [0.15, 0.2) is 164 Å². The lowest BCUT2D eigenvalue weighted by Gasteiger charge is -2.30. The van der Waals surface area contributed by atoms with E-state index < -0.39 is 0 Å². The fourth-order valence-electron chi connectivity index (χ4n) is 9.05. The Hall–Kier alpha value is -6.69. The van der Waals surface area contributed by atoms with E-state index in [4.69, 9.17) is 0 Å². The molecule has 9 aromatic rings. The van der Waals surface area contributed by atoms with E-state index in [1.807, 2.05) is 0 Å². The predicted octanol–water partition coefficient (Wildman–Crippen LogP) is 13.2. The third kappa shape index (κ3) is 4.04. The van der Waals surface area contributed by atoms with Gasteiger partial charge in [-0.15, -0.1) is 0 Å². The number of anilines is 2. The molecule has 11 rings (SSSR count). The number of rotatable bonds is 4. The van der Waals surface area contributed by atoms with Gasteiger partial charge >= 0.3 is 0 Å². The summed E-state index contributed by atoms with van der Waals surface area (Å²) in [5.74, 6) is 0. The van der Waals surface area contributed by atoms with Gasteiger partial charge in [0.05, 0.1) is 23.4 Å². The number of benzene rings is 9. The van der Waals surface area contributed by atoms with Crippen molar-refractivity contribution in [1.29, 1.82) is 5.26 Å². The van der Waals surface area contributed by atoms with Crippen LogP contribution in [0.5, 0.6) is 0 Å². The number of nitrogens with zero attached hydrogens (tertiary/aromatic N) is 2. The van der Waals surface area contributed by atoms with Gasteiger partial charge in [0.1, 0.15) is 0 Å². The molecule has 0 spiro atoms. The van der Waals surface area contributed by atoms with Gasteiger partial charge in [-0.25, -0.2) is 0 Å². The quantitative estimate of drug-likeness (QED) is 0.178. The maximum absolute atomic E-state index is 9.95. The third-order valence-corrected chi connectivity index (χ3v) is 11.3. The van der Waals surface area contributed by atoms with Crippen molar-refractivity contribution >= 4 is 60.0 Å². The molecule has 1 aliphatic heterocycles. The van der Waals surface area contributed by atoms with Crippen LogP contribution in [-0.4, -0.2) is 0 Å². The van der Waals surface area contributed by atoms with Gasteiger partial charge in [-0.1, -0.05) is 140 Å². The Morgan fingerprint density at radius 1 is 0.490 bits per heavy atom. The molecule has 2 aliphatic rings. The average Bonchev–Trinajstić information content (AvgIpc) is 3.54. The Morgan fingerprint density at radius 3 is 1.73 bits per heavy atom. The Kier molecular flexibility index (Phi) is 5.89. The Labute approximate surface area is 296 Å².